The molecule has 3 N–H and O–H groups in total. The summed E-state index contributed by atoms with van der Waals surface area (Å²) >= 11 is 0. The van der Waals surface area contributed by atoms with Crippen molar-refractivity contribution in [1.82, 2.24) is 0 Å². The van der Waals surface area contributed by atoms with Gasteiger partial charge in [-0.3, -0.25) is 0 Å². The molecule has 3 saturated carbocycles. The van der Waals surface area contributed by atoms with Crippen molar-refractivity contribution in [2.45, 2.75) is 110 Å². The zero-order valence-electron chi connectivity index (χ0n) is 22.9. The van der Waals surface area contributed by atoms with E-state index in [0.29, 0.717) is 11.3 Å². The van der Waals surface area contributed by atoms with E-state index >= 15 is 0 Å². The lowest BCUT2D eigenvalue weighted by atomic mass is 9.60. The smallest absolute Gasteiger partial charge is 0.0592 e. The SMILES string of the molecule is C#C.C=C1CC[C@@H](O)C/C1=C/C=C1\CCC[C@@]2(CC)C1CC[C@@H]2CCOCCCC(C)(C)O.CO. The number of terminal acetylenes is 1. The Morgan fingerprint density at radius 2 is 1.83 bits per heavy atom. The van der Waals surface area contributed by atoms with Crippen LogP contribution in [0.15, 0.2) is 35.5 Å². The maximum Gasteiger partial charge on any atom is 0.0592 e. The zero-order chi connectivity index (χ0) is 26.5. The van der Waals surface area contributed by atoms with Gasteiger partial charge in [0.05, 0.1) is 11.7 Å². The van der Waals surface area contributed by atoms with E-state index in [1.807, 2.05) is 13.8 Å². The van der Waals surface area contributed by atoms with E-state index in [4.69, 9.17) is 9.84 Å². The lowest BCUT2D eigenvalue weighted by Gasteiger charge is -2.45. The minimum absolute atomic E-state index is 0.199. The molecular formula is C31H52O4. The van der Waals surface area contributed by atoms with Crippen LogP contribution >= 0.6 is 0 Å². The average molecular weight is 489 g/mol. The molecule has 4 nitrogen and oxygen atoms in total. The quantitative estimate of drug-likeness (QED) is 0.261. The molecule has 3 aliphatic carbocycles. The molecule has 3 rings (SSSR count). The first-order valence-electron chi connectivity index (χ1n) is 13.6. The number of aliphatic hydroxyl groups is 3. The molecule has 0 bridgehead atoms. The highest BCUT2D eigenvalue weighted by atomic mass is 16.5. The molecule has 0 spiro atoms. The highest BCUT2D eigenvalue weighted by Gasteiger charge is 2.50. The van der Waals surface area contributed by atoms with Crippen LogP contribution in [0.2, 0.25) is 0 Å². The van der Waals surface area contributed by atoms with Crippen molar-refractivity contribution in [2.75, 3.05) is 20.3 Å². The van der Waals surface area contributed by atoms with Gasteiger partial charge in [0, 0.05) is 20.3 Å². The van der Waals surface area contributed by atoms with E-state index < -0.39 is 5.60 Å². The van der Waals surface area contributed by atoms with Gasteiger partial charge in [-0.2, -0.15) is 0 Å². The Labute approximate surface area is 215 Å². The Hall–Kier alpha value is -1.38. The fourth-order valence-corrected chi connectivity index (χ4v) is 6.63. The second kappa shape index (κ2) is 15.7. The van der Waals surface area contributed by atoms with Gasteiger partial charge in [-0.15, -0.1) is 12.8 Å². The van der Waals surface area contributed by atoms with E-state index in [1.54, 1.807) is 5.57 Å². The molecule has 0 saturated heterocycles. The molecule has 0 amide bonds. The van der Waals surface area contributed by atoms with Gasteiger partial charge in [-0.1, -0.05) is 36.8 Å². The molecule has 4 heteroatoms. The van der Waals surface area contributed by atoms with Gasteiger partial charge < -0.3 is 20.1 Å². The highest BCUT2D eigenvalue weighted by Crippen LogP contribution is 2.60. The largest absolute Gasteiger partial charge is 0.400 e. The van der Waals surface area contributed by atoms with Crippen molar-refractivity contribution in [2.24, 2.45) is 17.3 Å². The fraction of sp³-hybridized carbons (Fsp3) is 0.742. The Morgan fingerprint density at radius 3 is 2.49 bits per heavy atom. The summed E-state index contributed by atoms with van der Waals surface area (Å²) < 4.78 is 5.97. The Balaban J connectivity index is 0.00000145. The molecule has 0 heterocycles. The summed E-state index contributed by atoms with van der Waals surface area (Å²) in [5.41, 5.74) is 3.97. The normalized spacial score (nSPS) is 30.8. The number of hydrogen-bond donors (Lipinski definition) is 3. The van der Waals surface area contributed by atoms with Gasteiger partial charge in [-0.25, -0.2) is 0 Å². The second-order valence-electron chi connectivity index (χ2n) is 11.0. The average Bonchev–Trinajstić information content (AvgIpc) is 3.23. The number of aliphatic hydroxyl groups excluding tert-OH is 2. The van der Waals surface area contributed by atoms with Gasteiger partial charge >= 0.3 is 0 Å². The zero-order valence-corrected chi connectivity index (χ0v) is 22.9. The summed E-state index contributed by atoms with van der Waals surface area (Å²) in [4.78, 5) is 0. The third-order valence-corrected chi connectivity index (χ3v) is 8.40. The number of allylic oxidation sites excluding steroid dienone is 4. The monoisotopic (exact) mass is 488 g/mol. The predicted molar refractivity (Wildman–Crippen MR) is 147 cm³/mol. The standard InChI is InChI=1S/C28H46O3.C2H2.CH4O/c1-5-28-17-6-8-22(10-11-23-20-25(29)13-9-21(23)2)26(28)14-12-24(28)15-19-31-18-7-16-27(3,4)30;2*1-2/h10-11,24-26,29-30H,2,5-9,12-20H2,1,3-4H3;1-2H;2H,1H3/b22-10+,23-11-;;/t24-,25-,26?,28-;;/m1../s1. The van der Waals surface area contributed by atoms with Crippen LogP contribution in [0.3, 0.4) is 0 Å². The Kier molecular flexibility index (Phi) is 14.2. The van der Waals surface area contributed by atoms with E-state index in [9.17, 15) is 10.2 Å². The minimum Gasteiger partial charge on any atom is -0.400 e. The van der Waals surface area contributed by atoms with Crippen LogP contribution in [0.1, 0.15) is 97.8 Å². The van der Waals surface area contributed by atoms with Gasteiger partial charge in [0.25, 0.3) is 0 Å². The summed E-state index contributed by atoms with van der Waals surface area (Å²) in [6.07, 6.45) is 25.7. The Bertz CT molecular complexity index is 711. The molecule has 0 aliphatic heterocycles. The summed E-state index contributed by atoms with van der Waals surface area (Å²) in [5, 5.41) is 26.9. The number of ether oxygens (including phenoxy) is 1. The van der Waals surface area contributed by atoms with Crippen LogP contribution < -0.4 is 0 Å². The van der Waals surface area contributed by atoms with E-state index in [2.05, 4.69) is 38.5 Å². The number of rotatable bonds is 9. The first kappa shape index (κ1) is 31.6. The summed E-state index contributed by atoms with van der Waals surface area (Å²) in [7, 11) is 1.00. The van der Waals surface area contributed by atoms with Crippen LogP contribution in [0, 0.1) is 30.1 Å². The van der Waals surface area contributed by atoms with Crippen LogP contribution in [0.5, 0.6) is 0 Å². The Morgan fingerprint density at radius 1 is 1.11 bits per heavy atom. The molecular weight excluding hydrogens is 436 g/mol. The van der Waals surface area contributed by atoms with Crippen LogP contribution in [-0.2, 0) is 4.74 Å². The molecule has 4 atom stereocenters. The summed E-state index contributed by atoms with van der Waals surface area (Å²) in [6, 6.07) is 0. The number of hydrogen-bond acceptors (Lipinski definition) is 4. The second-order valence-corrected chi connectivity index (χ2v) is 11.0. The van der Waals surface area contributed by atoms with Crippen molar-refractivity contribution in [1.29, 1.82) is 0 Å². The van der Waals surface area contributed by atoms with Crippen LogP contribution in [-0.4, -0.2) is 47.3 Å². The van der Waals surface area contributed by atoms with Crippen molar-refractivity contribution in [3.63, 3.8) is 0 Å². The fourth-order valence-electron chi connectivity index (χ4n) is 6.63. The van der Waals surface area contributed by atoms with E-state index in [1.165, 1.54) is 56.1 Å². The third kappa shape index (κ3) is 9.21. The van der Waals surface area contributed by atoms with Crippen molar-refractivity contribution < 1.29 is 20.1 Å². The topological polar surface area (TPSA) is 69.9 Å². The van der Waals surface area contributed by atoms with Crippen molar-refractivity contribution in [3.8, 4) is 12.8 Å². The van der Waals surface area contributed by atoms with Crippen molar-refractivity contribution >= 4 is 0 Å². The first-order valence-corrected chi connectivity index (χ1v) is 13.6. The maximum atomic E-state index is 10.0. The summed E-state index contributed by atoms with van der Waals surface area (Å²) in [6.45, 7) is 12.0. The molecule has 3 aliphatic rings. The molecule has 0 aromatic rings. The van der Waals surface area contributed by atoms with Gasteiger partial charge in [-0.05, 0) is 114 Å². The van der Waals surface area contributed by atoms with E-state index in [0.717, 1.165) is 58.3 Å². The summed E-state index contributed by atoms with van der Waals surface area (Å²) in [5.74, 6) is 1.48. The van der Waals surface area contributed by atoms with Crippen molar-refractivity contribution in [3.05, 3.63) is 35.5 Å². The maximum absolute atomic E-state index is 10.0. The lowest BCUT2D eigenvalue weighted by molar-refractivity contribution is 0.0395. The molecule has 35 heavy (non-hydrogen) atoms. The minimum atomic E-state index is -0.587. The molecule has 0 aromatic carbocycles. The molecule has 1 unspecified atom stereocenters. The molecule has 3 fully saturated rings. The lowest BCUT2D eigenvalue weighted by Crippen LogP contribution is -2.36. The van der Waals surface area contributed by atoms with Crippen LogP contribution in [0.4, 0.5) is 0 Å². The third-order valence-electron chi connectivity index (χ3n) is 8.40. The van der Waals surface area contributed by atoms with Gasteiger partial charge in [0.2, 0.25) is 0 Å². The molecule has 200 valence electrons. The van der Waals surface area contributed by atoms with E-state index in [-0.39, 0.29) is 6.10 Å². The van der Waals surface area contributed by atoms with Gasteiger partial charge in [0.15, 0.2) is 0 Å². The molecule has 0 aromatic heterocycles. The van der Waals surface area contributed by atoms with Gasteiger partial charge in [0.1, 0.15) is 0 Å². The predicted octanol–water partition coefficient (Wildman–Crippen LogP) is 6.36. The highest BCUT2D eigenvalue weighted by molar-refractivity contribution is 5.36. The molecule has 0 radical (unpaired) electrons. The first-order chi connectivity index (χ1) is 16.7. The number of fused-ring (bicyclic) bond motifs is 1. The van der Waals surface area contributed by atoms with Crippen LogP contribution in [0.25, 0.3) is 0 Å².